The number of hydrogen-bond donors (Lipinski definition) is 1. The zero-order valence-electron chi connectivity index (χ0n) is 14.9. The highest BCUT2D eigenvalue weighted by Gasteiger charge is 2.23. The lowest BCUT2D eigenvalue weighted by Crippen LogP contribution is -2.40. The van der Waals surface area contributed by atoms with Crippen molar-refractivity contribution in [3.63, 3.8) is 0 Å². The maximum Gasteiger partial charge on any atom is 0.241 e. The molecule has 0 spiro atoms. The molecule has 0 aliphatic carbocycles. The molecule has 2 aromatic carbocycles. The first-order valence-electron chi connectivity index (χ1n) is 8.12. The summed E-state index contributed by atoms with van der Waals surface area (Å²) in [5.41, 5.74) is 1.06. The van der Waals surface area contributed by atoms with Gasteiger partial charge in [0.1, 0.15) is 12.3 Å². The monoisotopic (exact) mass is 430 g/mol. The molecule has 0 aliphatic heterocycles. The Balaban J connectivity index is 2.06. The Labute approximate surface area is 169 Å². The van der Waals surface area contributed by atoms with Gasteiger partial charge < -0.3 is 10.1 Å². The molecule has 146 valence electrons. The Hall–Kier alpha value is -1.96. The molecule has 0 unspecified atom stereocenters. The largest absolute Gasteiger partial charge is 0.494 e. The molecular formula is C18H20Cl2N2O4S. The van der Waals surface area contributed by atoms with E-state index in [4.69, 9.17) is 27.9 Å². The minimum absolute atomic E-state index is 0.146. The van der Waals surface area contributed by atoms with Gasteiger partial charge in [-0.3, -0.25) is 9.10 Å². The van der Waals surface area contributed by atoms with Gasteiger partial charge in [-0.25, -0.2) is 8.42 Å². The molecular weight excluding hydrogens is 411 g/mol. The summed E-state index contributed by atoms with van der Waals surface area (Å²) in [6.07, 6.45) is 1.01. The molecule has 0 aromatic heterocycles. The third kappa shape index (κ3) is 6.30. The number of nitrogens with one attached hydrogen (secondary N) is 1. The summed E-state index contributed by atoms with van der Waals surface area (Å²) in [4.78, 5) is 12.3. The molecule has 27 heavy (non-hydrogen) atoms. The molecule has 1 amide bonds. The van der Waals surface area contributed by atoms with Gasteiger partial charge >= 0.3 is 0 Å². The second-order valence-electron chi connectivity index (χ2n) is 5.72. The highest BCUT2D eigenvalue weighted by Crippen LogP contribution is 2.30. The summed E-state index contributed by atoms with van der Waals surface area (Å²) in [5, 5.41) is 3.22. The van der Waals surface area contributed by atoms with Crippen molar-refractivity contribution < 1.29 is 17.9 Å². The van der Waals surface area contributed by atoms with E-state index in [1.165, 1.54) is 18.2 Å². The molecule has 0 bridgehead atoms. The normalized spacial score (nSPS) is 11.1. The molecule has 2 rings (SSSR count). The molecule has 9 heteroatoms. The average molecular weight is 431 g/mol. The number of hydrogen-bond acceptors (Lipinski definition) is 4. The predicted molar refractivity (Wildman–Crippen MR) is 108 cm³/mol. The first kappa shape index (κ1) is 21.3. The Morgan fingerprint density at radius 1 is 1.15 bits per heavy atom. The van der Waals surface area contributed by atoms with Crippen LogP contribution in [-0.4, -0.2) is 33.7 Å². The standard InChI is InChI=1S/C18H20Cl2N2O4S/c1-3-26-15-7-4-13(5-8-15)11-21-18(23)12-22(27(2,24)25)17-9-6-14(19)10-16(17)20/h4-10H,3,11-12H2,1-2H3,(H,21,23). The van der Waals surface area contributed by atoms with E-state index in [1.54, 1.807) is 12.1 Å². The van der Waals surface area contributed by atoms with Crippen molar-refractivity contribution in [3.8, 4) is 5.75 Å². The summed E-state index contributed by atoms with van der Waals surface area (Å²) in [6, 6.07) is 11.7. The van der Waals surface area contributed by atoms with E-state index in [2.05, 4.69) is 5.32 Å². The first-order chi connectivity index (χ1) is 12.7. The number of carbonyl (C=O) groups excluding carboxylic acids is 1. The summed E-state index contributed by atoms with van der Waals surface area (Å²) < 4.78 is 30.5. The van der Waals surface area contributed by atoms with E-state index in [0.717, 1.165) is 21.9 Å². The maximum absolute atomic E-state index is 12.3. The molecule has 0 saturated carbocycles. The lowest BCUT2D eigenvalue weighted by Gasteiger charge is -2.23. The summed E-state index contributed by atoms with van der Waals surface area (Å²) in [5.74, 6) is 0.286. The van der Waals surface area contributed by atoms with Gasteiger partial charge in [0, 0.05) is 11.6 Å². The van der Waals surface area contributed by atoms with Crippen LogP contribution in [0.3, 0.4) is 0 Å². The quantitative estimate of drug-likeness (QED) is 0.695. The van der Waals surface area contributed by atoms with Crippen LogP contribution in [0, 0.1) is 0 Å². The fourth-order valence-corrected chi connectivity index (χ4v) is 3.75. The van der Waals surface area contributed by atoms with Crippen LogP contribution in [0.1, 0.15) is 12.5 Å². The minimum atomic E-state index is -3.71. The number of ether oxygens (including phenoxy) is 1. The van der Waals surface area contributed by atoms with Gasteiger partial charge in [-0.05, 0) is 42.8 Å². The minimum Gasteiger partial charge on any atom is -0.494 e. The van der Waals surface area contributed by atoms with Crippen LogP contribution < -0.4 is 14.4 Å². The van der Waals surface area contributed by atoms with Gasteiger partial charge in [-0.1, -0.05) is 35.3 Å². The number of benzene rings is 2. The van der Waals surface area contributed by atoms with Gasteiger partial charge in [0.25, 0.3) is 0 Å². The van der Waals surface area contributed by atoms with Crippen LogP contribution in [0.4, 0.5) is 5.69 Å². The predicted octanol–water partition coefficient (Wildman–Crippen LogP) is 3.47. The Bertz CT molecular complexity index is 902. The van der Waals surface area contributed by atoms with Crippen molar-refractivity contribution in [1.82, 2.24) is 5.32 Å². The third-order valence-electron chi connectivity index (χ3n) is 3.59. The number of rotatable bonds is 8. The SMILES string of the molecule is CCOc1ccc(CNC(=O)CN(c2ccc(Cl)cc2Cl)S(C)(=O)=O)cc1. The van der Waals surface area contributed by atoms with Crippen molar-refractivity contribution >= 4 is 44.8 Å². The van der Waals surface area contributed by atoms with E-state index in [-0.39, 0.29) is 17.3 Å². The highest BCUT2D eigenvalue weighted by molar-refractivity contribution is 7.92. The molecule has 0 fully saturated rings. The average Bonchev–Trinajstić information content (AvgIpc) is 2.59. The van der Waals surface area contributed by atoms with Crippen molar-refractivity contribution in [1.29, 1.82) is 0 Å². The topological polar surface area (TPSA) is 75.7 Å². The fourth-order valence-electron chi connectivity index (χ4n) is 2.32. The van der Waals surface area contributed by atoms with Crippen LogP contribution in [0.5, 0.6) is 5.75 Å². The maximum atomic E-state index is 12.3. The van der Waals surface area contributed by atoms with Gasteiger partial charge in [0.05, 0.1) is 23.6 Å². The smallest absolute Gasteiger partial charge is 0.241 e. The molecule has 0 heterocycles. The van der Waals surface area contributed by atoms with Crippen molar-refractivity contribution in [3.05, 3.63) is 58.1 Å². The second-order valence-corrected chi connectivity index (χ2v) is 8.47. The molecule has 0 aliphatic rings. The zero-order valence-corrected chi connectivity index (χ0v) is 17.2. The molecule has 2 aromatic rings. The second kappa shape index (κ2) is 9.30. The third-order valence-corrected chi connectivity index (χ3v) is 5.25. The molecule has 1 N–H and O–H groups in total. The lowest BCUT2D eigenvalue weighted by molar-refractivity contribution is -0.119. The molecule has 6 nitrogen and oxygen atoms in total. The van der Waals surface area contributed by atoms with Crippen molar-refractivity contribution in [2.24, 2.45) is 0 Å². The van der Waals surface area contributed by atoms with E-state index >= 15 is 0 Å². The number of halogens is 2. The van der Waals surface area contributed by atoms with E-state index in [9.17, 15) is 13.2 Å². The number of sulfonamides is 1. The summed E-state index contributed by atoms with van der Waals surface area (Å²) in [7, 11) is -3.71. The van der Waals surface area contributed by atoms with Gasteiger partial charge in [0.15, 0.2) is 0 Å². The molecule has 0 saturated heterocycles. The summed E-state index contributed by atoms with van der Waals surface area (Å²) >= 11 is 11.9. The van der Waals surface area contributed by atoms with Crippen molar-refractivity contribution in [2.45, 2.75) is 13.5 Å². The van der Waals surface area contributed by atoms with Gasteiger partial charge in [-0.2, -0.15) is 0 Å². The van der Waals surface area contributed by atoms with Gasteiger partial charge in [0.2, 0.25) is 15.9 Å². The zero-order chi connectivity index (χ0) is 20.0. The van der Waals surface area contributed by atoms with Crippen LogP contribution >= 0.6 is 23.2 Å². The van der Waals surface area contributed by atoms with E-state index in [0.29, 0.717) is 11.6 Å². The van der Waals surface area contributed by atoms with Crippen LogP contribution in [0.25, 0.3) is 0 Å². The Kier molecular flexibility index (Phi) is 7.35. The molecule has 0 atom stereocenters. The number of nitrogens with zero attached hydrogens (tertiary/aromatic N) is 1. The van der Waals surface area contributed by atoms with Crippen LogP contribution in [-0.2, 0) is 21.4 Å². The van der Waals surface area contributed by atoms with Crippen molar-refractivity contribution in [2.75, 3.05) is 23.7 Å². The fraction of sp³-hybridized carbons (Fsp3) is 0.278. The van der Waals surface area contributed by atoms with Crippen LogP contribution in [0.2, 0.25) is 10.0 Å². The van der Waals surface area contributed by atoms with E-state index in [1.807, 2.05) is 19.1 Å². The van der Waals surface area contributed by atoms with Gasteiger partial charge in [-0.15, -0.1) is 0 Å². The number of anilines is 1. The number of amides is 1. The van der Waals surface area contributed by atoms with Crippen LogP contribution in [0.15, 0.2) is 42.5 Å². The Morgan fingerprint density at radius 3 is 2.37 bits per heavy atom. The molecule has 0 radical (unpaired) electrons. The first-order valence-corrected chi connectivity index (χ1v) is 10.7. The highest BCUT2D eigenvalue weighted by atomic mass is 35.5. The Morgan fingerprint density at radius 2 is 1.81 bits per heavy atom. The summed E-state index contributed by atoms with van der Waals surface area (Å²) in [6.45, 7) is 2.34. The lowest BCUT2D eigenvalue weighted by atomic mass is 10.2. The number of carbonyl (C=O) groups is 1. The van der Waals surface area contributed by atoms with E-state index < -0.39 is 22.5 Å².